The number of halogens is 20. The van der Waals surface area contributed by atoms with Crippen LogP contribution in [-0.2, 0) is 46.3 Å². The van der Waals surface area contributed by atoms with Crippen LogP contribution in [0.5, 0.6) is 23.0 Å². The molecule has 752 valence electrons. The number of phenols is 4. The molecule has 0 fully saturated rings. The van der Waals surface area contributed by atoms with Crippen molar-refractivity contribution in [3.63, 3.8) is 0 Å². The molecule has 7 N–H and O–H groups in total. The van der Waals surface area contributed by atoms with E-state index in [-0.39, 0.29) is 79.2 Å². The topological polar surface area (TPSA) is 219 Å². The number of hydrogen-bond donors (Lipinski definition) is 7. The number of hydrogen-bond acceptors (Lipinski definition) is 13. The number of fused-ring (bicyclic) bond motifs is 3. The van der Waals surface area contributed by atoms with Gasteiger partial charge in [0, 0.05) is 87.1 Å². The van der Waals surface area contributed by atoms with Gasteiger partial charge in [0.1, 0.15) is 23.0 Å². The van der Waals surface area contributed by atoms with Gasteiger partial charge in [0.05, 0.1) is 22.6 Å². The SMILES string of the molecule is BrB(Br)Br.C[C@@]1(c2ccc(O)cc2)CSc2cc(O)ccc2[C@H]1CCCCCCCCCNS(=O)(=O)CCCC(F)(F)C(F)(F)F.C[C@]1(c2ccc(O)cc2)CSc2cc(O)ccc2[C@H]1CCCCCCCCCNS(=O)(=O)CCCC(F)(F)C(F)(F)F.Cc1ccc(C2(C)CSc3cc(C)ccc3C2CCCCCCCCCNS(=O)(=O)CCCC(F)(F)C(F)(F)F)cc1.ClCCl. The monoisotopic (exact) mass is 2240 g/mol. The van der Waals surface area contributed by atoms with Gasteiger partial charge in [-0.15, -0.1) is 106 Å². The van der Waals surface area contributed by atoms with E-state index in [1.165, 1.54) is 49.4 Å². The average molecular weight is 2240 g/mol. The van der Waals surface area contributed by atoms with Crippen molar-refractivity contribution in [3.8, 4) is 23.0 Å². The Labute approximate surface area is 824 Å². The van der Waals surface area contributed by atoms with Gasteiger partial charge in [-0.05, 0) is 177 Å². The van der Waals surface area contributed by atoms with Crippen LogP contribution in [0, 0.1) is 13.8 Å². The molecule has 2 unspecified atom stereocenters. The minimum atomic E-state index is -5.68. The molecule has 0 aliphatic carbocycles. The third-order valence-corrected chi connectivity index (χ3v) is 33.0. The van der Waals surface area contributed by atoms with Gasteiger partial charge in [-0.3, -0.25) is 0 Å². The first-order valence-corrected chi connectivity index (χ1v) is 56.4. The Morgan fingerprint density at radius 2 is 0.564 bits per heavy atom. The lowest BCUT2D eigenvalue weighted by Gasteiger charge is -2.43. The maximum Gasteiger partial charge on any atom is 0.453 e. The number of thioether (sulfide) groups is 3. The number of rotatable bonds is 48. The van der Waals surface area contributed by atoms with E-state index in [0.717, 1.165) is 162 Å². The molecule has 6 atom stereocenters. The molecule has 6 aromatic carbocycles. The fourth-order valence-corrected chi connectivity index (χ4v) is 24.3. The number of phenolic OH excluding ortho intramolecular Hbond substituents is 4. The van der Waals surface area contributed by atoms with Crippen LogP contribution in [0.4, 0.5) is 65.9 Å². The smallest absolute Gasteiger partial charge is 0.453 e. The first-order chi connectivity index (χ1) is 62.1. The second-order valence-corrected chi connectivity index (χ2v) is 51.0. The van der Waals surface area contributed by atoms with Crippen molar-refractivity contribution in [2.75, 3.05) is 59.5 Å². The molecule has 13 nitrogen and oxygen atoms in total. The van der Waals surface area contributed by atoms with E-state index >= 15 is 0 Å². The predicted molar refractivity (Wildman–Crippen MR) is 523 cm³/mol. The van der Waals surface area contributed by atoms with Gasteiger partial charge in [-0.2, -0.15) is 65.9 Å². The summed E-state index contributed by atoms with van der Waals surface area (Å²) < 4.78 is 266. The van der Waals surface area contributed by atoms with Crippen molar-refractivity contribution in [2.45, 2.75) is 312 Å². The summed E-state index contributed by atoms with van der Waals surface area (Å²) in [5.74, 6) is -12.2. The molecule has 0 amide bonds. The van der Waals surface area contributed by atoms with Crippen molar-refractivity contribution in [3.05, 3.63) is 172 Å². The molecule has 0 spiro atoms. The van der Waals surface area contributed by atoms with E-state index in [4.69, 9.17) is 23.2 Å². The van der Waals surface area contributed by atoms with E-state index in [1.54, 1.807) is 59.9 Å². The van der Waals surface area contributed by atoms with Crippen LogP contribution in [0.2, 0.25) is 0 Å². The lowest BCUT2D eigenvalue weighted by molar-refractivity contribution is -0.284. The van der Waals surface area contributed by atoms with Crippen LogP contribution in [0.15, 0.2) is 142 Å². The highest BCUT2D eigenvalue weighted by Crippen LogP contribution is 2.56. The fraction of sp³-hybridized carbons (Fsp3) is 0.613. The van der Waals surface area contributed by atoms with Crippen molar-refractivity contribution in [1.82, 2.24) is 14.2 Å². The highest BCUT2D eigenvalue weighted by Gasteiger charge is 2.59. The van der Waals surface area contributed by atoms with Gasteiger partial charge in [0.15, 0.2) is 0 Å². The zero-order valence-electron chi connectivity index (χ0n) is 75.5. The molecule has 40 heteroatoms. The van der Waals surface area contributed by atoms with Crippen LogP contribution in [0.3, 0.4) is 0 Å². The Morgan fingerprint density at radius 3 is 0.827 bits per heavy atom. The predicted octanol–water partition coefficient (Wildman–Crippen LogP) is 29.6. The summed E-state index contributed by atoms with van der Waals surface area (Å²) >= 11 is 24.3. The van der Waals surface area contributed by atoms with Crippen LogP contribution < -0.4 is 14.2 Å². The molecule has 3 heterocycles. The number of benzene rings is 6. The number of aryl methyl sites for hydroxylation is 2. The number of unbranched alkanes of at least 4 members (excludes halogenated alkanes) is 18. The Balaban J connectivity index is 0.000000340. The van der Waals surface area contributed by atoms with Gasteiger partial charge in [0.25, 0.3) is 0 Å². The summed E-state index contributed by atoms with van der Waals surface area (Å²) in [6.07, 6.45) is -1.42. The highest BCUT2D eigenvalue weighted by molar-refractivity contribution is 9.69. The quantitative estimate of drug-likeness (QED) is 0.00819. The number of aromatic hydroxyl groups is 4. The summed E-state index contributed by atoms with van der Waals surface area (Å²) in [4.78, 5) is 3.61. The van der Waals surface area contributed by atoms with Crippen LogP contribution in [0.25, 0.3) is 0 Å². The molecule has 6 aromatic rings. The molecule has 0 radical (unpaired) electrons. The minimum Gasteiger partial charge on any atom is -0.508 e. The molecule has 3 aliphatic heterocycles. The first kappa shape index (κ1) is 120. The number of alkyl halides is 17. The summed E-state index contributed by atoms with van der Waals surface area (Å²) in [6, 6.07) is 41.8. The van der Waals surface area contributed by atoms with Gasteiger partial charge in [-0.25, -0.2) is 39.4 Å². The van der Waals surface area contributed by atoms with Gasteiger partial charge >= 0.3 is 39.5 Å². The Hall–Kier alpha value is -3.67. The minimum absolute atomic E-state index is 0.0627. The maximum absolute atomic E-state index is 13.0. The lowest BCUT2D eigenvalue weighted by atomic mass is 9.67. The molecule has 0 saturated carbocycles. The Kier molecular flexibility index (Phi) is 50.7. The van der Waals surface area contributed by atoms with Crippen LogP contribution in [0.1, 0.15) is 276 Å². The molecule has 133 heavy (non-hydrogen) atoms. The zero-order valence-corrected chi connectivity index (χ0v) is 86.6. The summed E-state index contributed by atoms with van der Waals surface area (Å²) in [5.41, 5.74) is 10.0. The number of sulfonamides is 3. The van der Waals surface area contributed by atoms with Gasteiger partial charge < -0.3 is 20.4 Å². The molecular weight excluding hydrogens is 2120 g/mol. The second-order valence-electron chi connectivity index (χ2n) is 34.9. The van der Waals surface area contributed by atoms with Gasteiger partial charge in [-0.1, -0.05) is 220 Å². The van der Waals surface area contributed by atoms with Crippen molar-refractivity contribution >= 4 is 139 Å². The molecule has 3 aliphatic rings. The number of nitrogens with one attached hydrogen (secondary N) is 3. The third kappa shape index (κ3) is 40.7. The normalized spacial score (nSPS) is 18.8. The summed E-state index contributed by atoms with van der Waals surface area (Å²) in [6.45, 7) is 11.6. The molecule has 0 aromatic heterocycles. The average Bonchev–Trinajstić information content (AvgIpc) is 0.760. The summed E-state index contributed by atoms with van der Waals surface area (Å²) in [5, 5.41) is 39.7. The molecule has 9 rings (SSSR count). The zero-order chi connectivity index (χ0) is 99.3. The highest BCUT2D eigenvalue weighted by atomic mass is 79.9. The van der Waals surface area contributed by atoms with Gasteiger partial charge in [0.2, 0.25) is 30.1 Å². The summed E-state index contributed by atoms with van der Waals surface area (Å²) in [7, 11) is -11.7. The third-order valence-electron chi connectivity index (χ3n) is 24.4. The standard InChI is InChI=1S/C32H44F5NO2S2.2C30H40F5NO4S2.CH2Cl2.BBr3/c1-24-13-16-26(17-14-24)30(3)23-41-29-22-25(2)15-18-27(29)28(30)12-9-7-5-4-6-8-10-20-38-42(39,40)21-11-19-31(33,34)32(35,36)37;2*1-28(22-11-13-23(37)14-12-22)21-41-27-20-24(38)15-16-25(27)26(28)10-7-5-3-2-4-6-8-18-36-42(39,40)19-9-17-29(31,32)30(33,34)35;2-1-3;2-1(3)4/h13-18,22,28,38H,4-12,19-21,23H2,1-3H3;2*11-16,20,26,36-38H,2-10,17-19,21H2,1H3;1H2;/t;26-,28+;26-,28-;;/m.11../s1. The van der Waals surface area contributed by atoms with Crippen molar-refractivity contribution in [1.29, 1.82) is 0 Å². The maximum atomic E-state index is 13.0. The fourth-order valence-electron chi connectivity index (χ4n) is 16.7. The first-order valence-electron chi connectivity index (χ1n) is 44.7. The second kappa shape index (κ2) is 56.3. The van der Waals surface area contributed by atoms with E-state index in [2.05, 4.69) is 139 Å². The van der Waals surface area contributed by atoms with E-state index in [0.29, 0.717) is 25.2 Å². The largest absolute Gasteiger partial charge is 0.508 e. The Bertz CT molecular complexity index is 4340. The molecule has 0 saturated heterocycles. The van der Waals surface area contributed by atoms with Crippen molar-refractivity contribution < 1.29 is 112 Å². The molecular formula is C93H126BBr3Cl2F15N3O10S6. The van der Waals surface area contributed by atoms with Crippen LogP contribution in [-0.4, -0.2) is 145 Å². The van der Waals surface area contributed by atoms with Crippen LogP contribution >= 0.6 is 106 Å². The van der Waals surface area contributed by atoms with Crippen molar-refractivity contribution in [2.24, 2.45) is 0 Å². The molecule has 0 bridgehead atoms. The van der Waals surface area contributed by atoms with E-state index in [1.807, 2.05) is 60.3 Å². The van der Waals surface area contributed by atoms with E-state index in [9.17, 15) is 112 Å². The Morgan fingerprint density at radius 1 is 0.346 bits per heavy atom. The van der Waals surface area contributed by atoms with E-state index < -0.39 is 122 Å². The lowest BCUT2D eigenvalue weighted by Crippen LogP contribution is -2.37.